The molecule has 1 atom stereocenters. The Morgan fingerprint density at radius 3 is 2.57 bits per heavy atom. The highest BCUT2D eigenvalue weighted by Crippen LogP contribution is 2.23. The van der Waals surface area contributed by atoms with Crippen molar-refractivity contribution < 1.29 is 23.5 Å². The summed E-state index contributed by atoms with van der Waals surface area (Å²) in [7, 11) is 0. The summed E-state index contributed by atoms with van der Waals surface area (Å²) in [5.41, 5.74) is 1.92. The van der Waals surface area contributed by atoms with Gasteiger partial charge in [-0.1, -0.05) is 48.0 Å². The maximum absolute atomic E-state index is 12.9. The largest absolute Gasteiger partial charge is 0.460 e. The minimum absolute atomic E-state index is 0.0309. The van der Waals surface area contributed by atoms with E-state index in [9.17, 15) is 14.4 Å². The second kappa shape index (κ2) is 11.3. The summed E-state index contributed by atoms with van der Waals surface area (Å²) in [5, 5.41) is 6.37. The van der Waals surface area contributed by atoms with Gasteiger partial charge in [0.2, 0.25) is 5.91 Å². The van der Waals surface area contributed by atoms with Gasteiger partial charge in [0.1, 0.15) is 24.8 Å². The molecule has 4 rings (SSSR count). The van der Waals surface area contributed by atoms with Crippen LogP contribution in [0.25, 0.3) is 11.0 Å². The van der Waals surface area contributed by atoms with Gasteiger partial charge in [-0.25, -0.2) is 0 Å². The molecule has 2 N–H and O–H groups in total. The Labute approximate surface area is 206 Å². The van der Waals surface area contributed by atoms with E-state index >= 15 is 0 Å². The van der Waals surface area contributed by atoms with Crippen LogP contribution < -0.4 is 10.6 Å². The van der Waals surface area contributed by atoms with Gasteiger partial charge in [0.15, 0.2) is 5.76 Å². The zero-order valence-corrected chi connectivity index (χ0v) is 19.3. The lowest BCUT2D eigenvalue weighted by molar-refractivity contribution is -0.145. The molecular formula is C26H22ClN3O5. The first-order valence-corrected chi connectivity index (χ1v) is 11.2. The quantitative estimate of drug-likeness (QED) is 0.345. The molecule has 0 saturated heterocycles. The second-order valence-corrected chi connectivity index (χ2v) is 8.14. The molecule has 2 amide bonds. The van der Waals surface area contributed by atoms with E-state index in [1.165, 1.54) is 0 Å². The van der Waals surface area contributed by atoms with Crippen molar-refractivity contribution in [1.82, 2.24) is 15.6 Å². The zero-order chi connectivity index (χ0) is 24.6. The highest BCUT2D eigenvalue weighted by molar-refractivity contribution is 6.31. The first-order chi connectivity index (χ1) is 17.0. The molecule has 4 aromatic rings. The highest BCUT2D eigenvalue weighted by Gasteiger charge is 2.25. The highest BCUT2D eigenvalue weighted by atomic mass is 35.5. The Morgan fingerprint density at radius 1 is 1.00 bits per heavy atom. The fourth-order valence-electron chi connectivity index (χ4n) is 3.36. The molecule has 0 bridgehead atoms. The van der Waals surface area contributed by atoms with Crippen molar-refractivity contribution in [2.24, 2.45) is 0 Å². The van der Waals surface area contributed by atoms with Crippen LogP contribution in [-0.4, -0.2) is 35.4 Å². The Balaban J connectivity index is 1.40. The molecule has 178 valence electrons. The lowest BCUT2D eigenvalue weighted by Gasteiger charge is -2.17. The number of benzene rings is 2. The van der Waals surface area contributed by atoms with Crippen molar-refractivity contribution in [1.29, 1.82) is 0 Å². The molecule has 0 aliphatic carbocycles. The predicted octanol–water partition coefficient (Wildman–Crippen LogP) is 3.68. The minimum atomic E-state index is -1.00. The lowest BCUT2D eigenvalue weighted by atomic mass is 10.1. The van der Waals surface area contributed by atoms with Crippen LogP contribution in [0.15, 0.2) is 83.4 Å². The van der Waals surface area contributed by atoms with E-state index in [1.807, 2.05) is 30.3 Å². The normalized spacial score (nSPS) is 11.6. The third kappa shape index (κ3) is 6.68. The van der Waals surface area contributed by atoms with Crippen LogP contribution in [0, 0.1) is 0 Å². The van der Waals surface area contributed by atoms with Gasteiger partial charge in [-0.15, -0.1) is 0 Å². The Kier molecular flexibility index (Phi) is 7.74. The molecule has 0 radical (unpaired) electrons. The van der Waals surface area contributed by atoms with Crippen LogP contribution >= 0.6 is 11.6 Å². The maximum Gasteiger partial charge on any atom is 0.325 e. The summed E-state index contributed by atoms with van der Waals surface area (Å²) in [6, 6.07) is 20.0. The van der Waals surface area contributed by atoms with E-state index in [1.54, 1.807) is 48.7 Å². The number of carbonyl (C=O) groups excluding carboxylic acids is 3. The van der Waals surface area contributed by atoms with E-state index in [0.717, 1.165) is 5.56 Å². The molecule has 0 spiro atoms. The third-order valence-electron chi connectivity index (χ3n) is 5.11. The average molecular weight is 492 g/mol. The Hall–Kier alpha value is -4.17. The predicted molar refractivity (Wildman–Crippen MR) is 130 cm³/mol. The molecule has 8 nitrogen and oxygen atoms in total. The van der Waals surface area contributed by atoms with Crippen molar-refractivity contribution >= 4 is 40.4 Å². The average Bonchev–Trinajstić information content (AvgIpc) is 3.30. The number of pyridine rings is 1. The molecule has 35 heavy (non-hydrogen) atoms. The number of esters is 1. The topological polar surface area (TPSA) is 111 Å². The van der Waals surface area contributed by atoms with Crippen LogP contribution in [0.3, 0.4) is 0 Å². The van der Waals surface area contributed by atoms with E-state index < -0.39 is 23.8 Å². The van der Waals surface area contributed by atoms with Crippen LogP contribution in [-0.2, 0) is 27.4 Å². The number of fused-ring (bicyclic) bond motifs is 1. The van der Waals surface area contributed by atoms with E-state index in [2.05, 4.69) is 15.6 Å². The number of nitrogens with one attached hydrogen (secondary N) is 2. The van der Waals surface area contributed by atoms with Crippen molar-refractivity contribution in [2.75, 3.05) is 6.54 Å². The SMILES string of the molecule is O=C(CNC(=O)[C@H](Cc1ccccn1)NC(=O)c1cc2cc(Cl)ccc2o1)OCc1ccccc1. The molecule has 9 heteroatoms. The molecular weight excluding hydrogens is 470 g/mol. The van der Waals surface area contributed by atoms with Crippen LogP contribution in [0.1, 0.15) is 21.8 Å². The number of amides is 2. The van der Waals surface area contributed by atoms with Crippen LogP contribution in [0.2, 0.25) is 5.02 Å². The molecule has 2 aromatic carbocycles. The van der Waals surface area contributed by atoms with Crippen molar-refractivity contribution in [3.63, 3.8) is 0 Å². The number of nitrogens with zero attached hydrogens (tertiary/aromatic N) is 1. The number of rotatable bonds is 9. The van der Waals surface area contributed by atoms with E-state index in [4.69, 9.17) is 20.8 Å². The van der Waals surface area contributed by atoms with Crippen molar-refractivity contribution in [3.8, 4) is 0 Å². The summed E-state index contributed by atoms with van der Waals surface area (Å²) < 4.78 is 10.8. The van der Waals surface area contributed by atoms with Gasteiger partial charge >= 0.3 is 5.97 Å². The number of furan rings is 1. The van der Waals surface area contributed by atoms with Crippen molar-refractivity contribution in [3.05, 3.63) is 101 Å². The van der Waals surface area contributed by atoms with Gasteiger partial charge in [0, 0.05) is 28.7 Å². The van der Waals surface area contributed by atoms with E-state index in [0.29, 0.717) is 21.7 Å². The number of hydrogen-bond acceptors (Lipinski definition) is 6. The molecule has 0 unspecified atom stereocenters. The van der Waals surface area contributed by atoms with Crippen molar-refractivity contribution in [2.45, 2.75) is 19.1 Å². The standard InChI is InChI=1S/C26H22ClN3O5/c27-19-9-10-22-18(12-19)13-23(35-22)26(33)30-21(14-20-8-4-5-11-28-20)25(32)29-15-24(31)34-16-17-6-2-1-3-7-17/h1-13,21H,14-16H2,(H,29,32)(H,30,33)/t21-/m0/s1. The molecule has 0 aliphatic heterocycles. The van der Waals surface area contributed by atoms with Crippen LogP contribution in [0.5, 0.6) is 0 Å². The van der Waals surface area contributed by atoms with Crippen LogP contribution in [0.4, 0.5) is 0 Å². The third-order valence-corrected chi connectivity index (χ3v) is 5.35. The van der Waals surface area contributed by atoms with Gasteiger partial charge in [-0.05, 0) is 42.0 Å². The summed E-state index contributed by atoms with van der Waals surface area (Å²) in [6.45, 7) is -0.247. The monoisotopic (exact) mass is 491 g/mol. The first-order valence-electron chi connectivity index (χ1n) is 10.8. The number of halogens is 1. The fraction of sp³-hybridized carbons (Fsp3) is 0.154. The molecule has 0 aliphatic rings. The van der Waals surface area contributed by atoms with Gasteiger partial charge in [0.05, 0.1) is 0 Å². The zero-order valence-electron chi connectivity index (χ0n) is 18.6. The molecule has 0 fully saturated rings. The summed E-state index contributed by atoms with van der Waals surface area (Å²) in [5.74, 6) is -1.71. The Bertz CT molecular complexity index is 1320. The Morgan fingerprint density at radius 2 is 1.80 bits per heavy atom. The number of hydrogen-bond donors (Lipinski definition) is 2. The van der Waals surface area contributed by atoms with E-state index in [-0.39, 0.29) is 25.3 Å². The minimum Gasteiger partial charge on any atom is -0.460 e. The summed E-state index contributed by atoms with van der Waals surface area (Å²) in [4.78, 5) is 42.1. The number of ether oxygens (including phenoxy) is 1. The van der Waals surface area contributed by atoms with Gasteiger partial charge in [0.25, 0.3) is 5.91 Å². The second-order valence-electron chi connectivity index (χ2n) is 7.71. The summed E-state index contributed by atoms with van der Waals surface area (Å²) in [6.07, 6.45) is 1.71. The molecule has 2 aromatic heterocycles. The molecule has 2 heterocycles. The van der Waals surface area contributed by atoms with Gasteiger partial charge in [-0.2, -0.15) is 0 Å². The first kappa shape index (κ1) is 24.0. The van der Waals surface area contributed by atoms with Gasteiger partial charge in [-0.3, -0.25) is 19.4 Å². The number of aromatic nitrogens is 1. The summed E-state index contributed by atoms with van der Waals surface area (Å²) >= 11 is 6.00. The maximum atomic E-state index is 12.9. The smallest absolute Gasteiger partial charge is 0.325 e. The fourth-order valence-corrected chi connectivity index (χ4v) is 3.54. The lowest BCUT2D eigenvalue weighted by Crippen LogP contribution is -2.49. The van der Waals surface area contributed by atoms with Gasteiger partial charge < -0.3 is 19.8 Å². The number of carbonyl (C=O) groups is 3. The molecule has 0 saturated carbocycles.